The Morgan fingerprint density at radius 3 is 2.73 bits per heavy atom. The molecule has 0 aromatic heterocycles. The summed E-state index contributed by atoms with van der Waals surface area (Å²) in [5.41, 5.74) is 6.03. The van der Waals surface area contributed by atoms with E-state index in [-0.39, 0.29) is 11.7 Å². The Bertz CT molecular complexity index is 526. The lowest BCUT2D eigenvalue weighted by Crippen LogP contribution is -2.11. The molecule has 2 heteroatoms. The first-order valence-electron chi connectivity index (χ1n) is 8.79. The van der Waals surface area contributed by atoms with Crippen molar-refractivity contribution in [3.05, 3.63) is 34.4 Å². The summed E-state index contributed by atoms with van der Waals surface area (Å²) in [6.07, 6.45) is 12.3. The third kappa shape index (κ3) is 3.55. The smallest absolute Gasteiger partial charge is 0.0977 e. The molecule has 2 nitrogen and oxygen atoms in total. The molecule has 2 aliphatic heterocycles. The molecular weight excluding hydrogens is 272 g/mol. The lowest BCUT2D eigenvalue weighted by Gasteiger charge is -2.14. The van der Waals surface area contributed by atoms with E-state index in [9.17, 15) is 0 Å². The van der Waals surface area contributed by atoms with E-state index >= 15 is 0 Å². The van der Waals surface area contributed by atoms with Gasteiger partial charge in [-0.05, 0) is 77.4 Å². The van der Waals surface area contributed by atoms with E-state index in [0.717, 1.165) is 45.1 Å². The highest BCUT2D eigenvalue weighted by Gasteiger charge is 2.50. The molecule has 0 N–H and O–H groups in total. The van der Waals surface area contributed by atoms with E-state index in [1.807, 2.05) is 0 Å². The molecule has 3 aliphatic rings. The van der Waals surface area contributed by atoms with Gasteiger partial charge in [0.05, 0.1) is 24.4 Å². The van der Waals surface area contributed by atoms with E-state index in [1.165, 1.54) is 22.3 Å². The zero-order valence-electron chi connectivity index (χ0n) is 14.6. The standard InChI is InChI=1S/C20H30O2/c1-14-6-5-11-20(4)19(22-20)10-8-15(2)12-18-17(9-7-14)16(3)13-21-18/h6,12,18-19H,5,7-11,13H2,1-4H3. The summed E-state index contributed by atoms with van der Waals surface area (Å²) in [5, 5.41) is 0. The predicted octanol–water partition coefficient (Wildman–Crippen LogP) is 5.11. The molecule has 0 radical (unpaired) electrons. The number of hydrogen-bond acceptors (Lipinski definition) is 2. The van der Waals surface area contributed by atoms with E-state index in [2.05, 4.69) is 39.8 Å². The van der Waals surface area contributed by atoms with Crippen molar-refractivity contribution in [3.8, 4) is 0 Å². The molecule has 3 atom stereocenters. The number of hydrogen-bond donors (Lipinski definition) is 0. The fourth-order valence-electron chi connectivity index (χ4n) is 3.77. The van der Waals surface area contributed by atoms with Gasteiger partial charge in [0.1, 0.15) is 0 Å². The van der Waals surface area contributed by atoms with E-state index in [4.69, 9.17) is 9.47 Å². The van der Waals surface area contributed by atoms with Gasteiger partial charge in [-0.1, -0.05) is 23.3 Å². The maximum atomic E-state index is 5.99. The van der Waals surface area contributed by atoms with E-state index in [1.54, 1.807) is 0 Å². The number of allylic oxidation sites excluding steroid dienone is 3. The Morgan fingerprint density at radius 1 is 1.09 bits per heavy atom. The summed E-state index contributed by atoms with van der Waals surface area (Å²) in [5.74, 6) is 0. The van der Waals surface area contributed by atoms with Crippen LogP contribution in [0.5, 0.6) is 0 Å². The van der Waals surface area contributed by atoms with Crippen LogP contribution < -0.4 is 0 Å². The van der Waals surface area contributed by atoms with Crippen LogP contribution >= 0.6 is 0 Å². The van der Waals surface area contributed by atoms with Crippen molar-refractivity contribution in [3.63, 3.8) is 0 Å². The van der Waals surface area contributed by atoms with Gasteiger partial charge in [-0.3, -0.25) is 0 Å². The number of rotatable bonds is 0. The normalized spacial score (nSPS) is 36.9. The van der Waals surface area contributed by atoms with Crippen LogP contribution in [0.4, 0.5) is 0 Å². The molecule has 3 unspecified atom stereocenters. The van der Waals surface area contributed by atoms with E-state index in [0.29, 0.717) is 6.10 Å². The second-order valence-corrected chi connectivity index (χ2v) is 7.60. The first-order chi connectivity index (χ1) is 10.5. The summed E-state index contributed by atoms with van der Waals surface area (Å²) < 4.78 is 12.0. The Hall–Kier alpha value is -0.860. The molecule has 1 aliphatic carbocycles. The average molecular weight is 302 g/mol. The van der Waals surface area contributed by atoms with Crippen molar-refractivity contribution in [1.29, 1.82) is 0 Å². The maximum Gasteiger partial charge on any atom is 0.0977 e. The Labute approximate surface area is 135 Å². The fourth-order valence-corrected chi connectivity index (χ4v) is 3.77. The lowest BCUT2D eigenvalue weighted by molar-refractivity contribution is 0.150. The molecule has 0 bridgehead atoms. The van der Waals surface area contributed by atoms with Gasteiger partial charge in [-0.15, -0.1) is 0 Å². The van der Waals surface area contributed by atoms with Crippen molar-refractivity contribution in [1.82, 2.24) is 0 Å². The van der Waals surface area contributed by atoms with Crippen LogP contribution in [-0.4, -0.2) is 24.4 Å². The number of ether oxygens (including phenoxy) is 2. The molecule has 2 heterocycles. The SMILES string of the molecule is CC1=CCCC2(C)OC2CCC(C)=CC2OCC(C)=C2CC1. The molecule has 0 aromatic rings. The summed E-state index contributed by atoms with van der Waals surface area (Å²) >= 11 is 0. The van der Waals surface area contributed by atoms with Crippen LogP contribution in [0.3, 0.4) is 0 Å². The van der Waals surface area contributed by atoms with Gasteiger partial charge >= 0.3 is 0 Å². The minimum absolute atomic E-state index is 0.132. The Morgan fingerprint density at radius 2 is 1.91 bits per heavy atom. The van der Waals surface area contributed by atoms with Crippen molar-refractivity contribution >= 4 is 0 Å². The minimum Gasteiger partial charge on any atom is -0.366 e. The number of fused-ring (bicyclic) bond motifs is 2. The summed E-state index contributed by atoms with van der Waals surface area (Å²) in [4.78, 5) is 0. The van der Waals surface area contributed by atoms with E-state index < -0.39 is 0 Å². The molecule has 3 rings (SSSR count). The first kappa shape index (κ1) is 16.0. The van der Waals surface area contributed by atoms with Gasteiger partial charge < -0.3 is 9.47 Å². The minimum atomic E-state index is 0.132. The fraction of sp³-hybridized carbons (Fsp3) is 0.700. The third-order valence-electron chi connectivity index (χ3n) is 5.57. The van der Waals surface area contributed by atoms with Gasteiger partial charge in [0.15, 0.2) is 0 Å². The first-order valence-corrected chi connectivity index (χ1v) is 8.79. The topological polar surface area (TPSA) is 21.8 Å². The molecule has 0 saturated carbocycles. The zero-order valence-corrected chi connectivity index (χ0v) is 14.6. The molecule has 22 heavy (non-hydrogen) atoms. The van der Waals surface area contributed by atoms with Crippen LogP contribution in [0.15, 0.2) is 34.4 Å². The second kappa shape index (κ2) is 6.33. The molecule has 1 fully saturated rings. The number of epoxide rings is 1. The average Bonchev–Trinajstić information content (AvgIpc) is 2.98. The monoisotopic (exact) mass is 302 g/mol. The van der Waals surface area contributed by atoms with Gasteiger partial charge in [0.2, 0.25) is 0 Å². The zero-order chi connectivity index (χ0) is 15.7. The lowest BCUT2D eigenvalue weighted by atomic mass is 9.93. The van der Waals surface area contributed by atoms with Gasteiger partial charge in [-0.25, -0.2) is 0 Å². The van der Waals surface area contributed by atoms with Gasteiger partial charge in [0.25, 0.3) is 0 Å². The molecule has 0 spiro atoms. The summed E-state index contributed by atoms with van der Waals surface area (Å²) in [7, 11) is 0. The molecular formula is C20H30O2. The van der Waals surface area contributed by atoms with Gasteiger partial charge in [0, 0.05) is 0 Å². The molecule has 0 aromatic carbocycles. The van der Waals surface area contributed by atoms with Crippen molar-refractivity contribution in [2.24, 2.45) is 0 Å². The highest BCUT2D eigenvalue weighted by molar-refractivity contribution is 5.29. The van der Waals surface area contributed by atoms with Crippen LogP contribution in [0.1, 0.15) is 66.2 Å². The molecule has 122 valence electrons. The van der Waals surface area contributed by atoms with Crippen LogP contribution in [-0.2, 0) is 9.47 Å². The van der Waals surface area contributed by atoms with Crippen molar-refractivity contribution < 1.29 is 9.47 Å². The molecule has 0 amide bonds. The second-order valence-electron chi connectivity index (χ2n) is 7.60. The van der Waals surface area contributed by atoms with Crippen LogP contribution in [0.25, 0.3) is 0 Å². The highest BCUT2D eigenvalue weighted by Crippen LogP contribution is 2.43. The Balaban J connectivity index is 1.76. The molecule has 1 saturated heterocycles. The maximum absolute atomic E-state index is 5.99. The van der Waals surface area contributed by atoms with Crippen molar-refractivity contribution in [2.45, 2.75) is 84.0 Å². The van der Waals surface area contributed by atoms with Crippen molar-refractivity contribution in [2.75, 3.05) is 6.61 Å². The largest absolute Gasteiger partial charge is 0.366 e. The Kier molecular flexibility index (Phi) is 4.61. The summed E-state index contributed by atoms with van der Waals surface area (Å²) in [6, 6.07) is 0. The third-order valence-corrected chi connectivity index (χ3v) is 5.57. The highest BCUT2D eigenvalue weighted by atomic mass is 16.6. The predicted molar refractivity (Wildman–Crippen MR) is 90.9 cm³/mol. The summed E-state index contributed by atoms with van der Waals surface area (Å²) in [6.45, 7) is 9.81. The van der Waals surface area contributed by atoms with Crippen LogP contribution in [0.2, 0.25) is 0 Å². The van der Waals surface area contributed by atoms with Crippen LogP contribution in [0, 0.1) is 0 Å². The quantitative estimate of drug-likeness (QED) is 0.458. The van der Waals surface area contributed by atoms with Gasteiger partial charge in [-0.2, -0.15) is 0 Å².